The van der Waals surface area contributed by atoms with Gasteiger partial charge in [-0.3, -0.25) is 0 Å². The molecule has 1 aliphatic rings. The van der Waals surface area contributed by atoms with Crippen molar-refractivity contribution >= 4 is 19.9 Å². The molecule has 0 aromatic heterocycles. The molecule has 0 saturated heterocycles. The lowest BCUT2D eigenvalue weighted by Crippen LogP contribution is -2.32. The van der Waals surface area contributed by atoms with Gasteiger partial charge in [-0.1, -0.05) is 13.8 Å². The highest BCUT2D eigenvalue weighted by Gasteiger charge is 2.28. The molecule has 1 aliphatic heterocycles. The van der Waals surface area contributed by atoms with E-state index in [2.05, 4.69) is 0 Å². The van der Waals surface area contributed by atoms with E-state index >= 15 is 0 Å². The molecular weight excluding hydrogens is 322 g/mol. The van der Waals surface area contributed by atoms with Crippen LogP contribution in [0.4, 0.5) is 0 Å². The van der Waals surface area contributed by atoms with Gasteiger partial charge in [-0.15, -0.1) is 0 Å². The monoisotopic (exact) mass is 345 g/mol. The largest absolute Gasteiger partial charge is 0.243 e. The standard InChI is InChI=1S/C15H23NO4S2/c1-3-9-16(10-4-2)22(19,20)14-7-8-15-13(12-14)6-5-11-21(15,17)18/h7-8,12H,3-6,9-11H2,1-2H3. The molecular formula is C15H23NO4S2. The molecule has 0 spiro atoms. The number of sulfonamides is 1. The van der Waals surface area contributed by atoms with Crippen molar-refractivity contribution in [2.24, 2.45) is 0 Å². The van der Waals surface area contributed by atoms with Gasteiger partial charge in [0.1, 0.15) is 0 Å². The fourth-order valence-corrected chi connectivity index (χ4v) is 6.03. The van der Waals surface area contributed by atoms with E-state index in [9.17, 15) is 16.8 Å². The van der Waals surface area contributed by atoms with E-state index in [1.54, 1.807) is 6.07 Å². The fourth-order valence-electron chi connectivity index (χ4n) is 2.78. The normalized spacial score (nSPS) is 17.4. The first kappa shape index (κ1) is 17.4. The molecule has 1 heterocycles. The molecule has 0 fully saturated rings. The minimum atomic E-state index is -3.56. The van der Waals surface area contributed by atoms with Gasteiger partial charge >= 0.3 is 0 Å². The van der Waals surface area contributed by atoms with Crippen LogP contribution in [0.15, 0.2) is 28.0 Å². The third kappa shape index (κ3) is 3.36. The Morgan fingerprint density at radius 3 is 2.36 bits per heavy atom. The molecule has 1 aromatic rings. The van der Waals surface area contributed by atoms with Gasteiger partial charge in [0.25, 0.3) is 0 Å². The van der Waals surface area contributed by atoms with Crippen LogP contribution in [-0.2, 0) is 26.3 Å². The van der Waals surface area contributed by atoms with E-state index in [4.69, 9.17) is 0 Å². The SMILES string of the molecule is CCCN(CCC)S(=O)(=O)c1ccc2c(c1)CCCS2(=O)=O. The van der Waals surface area contributed by atoms with Crippen molar-refractivity contribution < 1.29 is 16.8 Å². The van der Waals surface area contributed by atoms with E-state index in [0.717, 1.165) is 12.8 Å². The van der Waals surface area contributed by atoms with Gasteiger partial charge in [0.2, 0.25) is 10.0 Å². The summed E-state index contributed by atoms with van der Waals surface area (Å²) in [5, 5.41) is 0. The van der Waals surface area contributed by atoms with Crippen LogP contribution in [0.1, 0.15) is 38.7 Å². The molecule has 22 heavy (non-hydrogen) atoms. The van der Waals surface area contributed by atoms with E-state index < -0.39 is 19.9 Å². The van der Waals surface area contributed by atoms with E-state index in [-0.39, 0.29) is 15.5 Å². The first-order valence-corrected chi connectivity index (χ1v) is 10.8. The number of rotatable bonds is 6. The molecule has 5 nitrogen and oxygen atoms in total. The molecule has 7 heteroatoms. The number of hydrogen-bond donors (Lipinski definition) is 0. The average Bonchev–Trinajstić information content (AvgIpc) is 2.46. The summed E-state index contributed by atoms with van der Waals surface area (Å²) in [4.78, 5) is 0.487. The highest BCUT2D eigenvalue weighted by Crippen LogP contribution is 2.28. The smallest absolute Gasteiger partial charge is 0.224 e. The molecule has 2 rings (SSSR count). The topological polar surface area (TPSA) is 71.5 Å². The summed E-state index contributed by atoms with van der Waals surface area (Å²) in [5.41, 5.74) is 0.625. The van der Waals surface area contributed by atoms with Gasteiger partial charge in [-0.05, 0) is 49.4 Å². The lowest BCUT2D eigenvalue weighted by molar-refractivity contribution is 0.410. The molecule has 0 atom stereocenters. The van der Waals surface area contributed by atoms with Crippen molar-refractivity contribution in [3.05, 3.63) is 23.8 Å². The molecule has 0 aliphatic carbocycles. The van der Waals surface area contributed by atoms with Gasteiger partial charge in [0.05, 0.1) is 15.5 Å². The van der Waals surface area contributed by atoms with Crippen molar-refractivity contribution in [1.29, 1.82) is 0 Å². The number of sulfone groups is 1. The van der Waals surface area contributed by atoms with Gasteiger partial charge < -0.3 is 0 Å². The summed E-state index contributed by atoms with van der Waals surface area (Å²) in [7, 11) is -6.81. The van der Waals surface area contributed by atoms with Crippen LogP contribution in [0, 0.1) is 0 Å². The minimum Gasteiger partial charge on any atom is -0.224 e. The molecule has 0 bridgehead atoms. The van der Waals surface area contributed by atoms with Gasteiger partial charge in [-0.2, -0.15) is 4.31 Å². The van der Waals surface area contributed by atoms with E-state index in [1.807, 2.05) is 13.8 Å². The Hall–Kier alpha value is -0.920. The van der Waals surface area contributed by atoms with Crippen molar-refractivity contribution in [1.82, 2.24) is 4.31 Å². The zero-order valence-corrected chi connectivity index (χ0v) is 14.7. The maximum atomic E-state index is 12.7. The molecule has 124 valence electrons. The molecule has 0 unspecified atom stereocenters. The molecule has 0 radical (unpaired) electrons. The summed E-state index contributed by atoms with van der Waals surface area (Å²) in [6, 6.07) is 4.42. The van der Waals surface area contributed by atoms with Crippen LogP contribution < -0.4 is 0 Å². The van der Waals surface area contributed by atoms with E-state index in [1.165, 1.54) is 16.4 Å². The molecule has 0 amide bonds. The Balaban J connectivity index is 2.45. The Kier molecular flexibility index (Phi) is 5.29. The number of benzene rings is 1. The summed E-state index contributed by atoms with van der Waals surface area (Å²) < 4.78 is 51.0. The second-order valence-electron chi connectivity index (χ2n) is 5.60. The van der Waals surface area contributed by atoms with Crippen LogP contribution >= 0.6 is 0 Å². The third-order valence-corrected chi connectivity index (χ3v) is 7.60. The zero-order valence-electron chi connectivity index (χ0n) is 13.1. The van der Waals surface area contributed by atoms with Gasteiger partial charge in [-0.25, -0.2) is 16.8 Å². The van der Waals surface area contributed by atoms with Gasteiger partial charge in [0.15, 0.2) is 9.84 Å². The van der Waals surface area contributed by atoms with Crippen molar-refractivity contribution in [2.75, 3.05) is 18.8 Å². The zero-order chi connectivity index (χ0) is 16.4. The highest BCUT2D eigenvalue weighted by molar-refractivity contribution is 7.91. The summed E-state index contributed by atoms with van der Waals surface area (Å²) >= 11 is 0. The first-order chi connectivity index (χ1) is 10.3. The number of aryl methyl sites for hydroxylation is 1. The average molecular weight is 345 g/mol. The number of hydrogen-bond acceptors (Lipinski definition) is 4. The lowest BCUT2D eigenvalue weighted by atomic mass is 10.1. The van der Waals surface area contributed by atoms with E-state index in [0.29, 0.717) is 31.5 Å². The van der Waals surface area contributed by atoms with Gasteiger partial charge in [0, 0.05) is 13.1 Å². The predicted molar refractivity (Wildman–Crippen MR) is 86.2 cm³/mol. The van der Waals surface area contributed by atoms with Crippen LogP contribution in [-0.4, -0.2) is 40.0 Å². The molecule has 0 saturated carbocycles. The lowest BCUT2D eigenvalue weighted by Gasteiger charge is -2.22. The Labute approximate surface area is 133 Å². The highest BCUT2D eigenvalue weighted by atomic mass is 32.2. The minimum absolute atomic E-state index is 0.143. The summed E-state index contributed by atoms with van der Waals surface area (Å²) in [6.45, 7) is 4.84. The maximum Gasteiger partial charge on any atom is 0.243 e. The Morgan fingerprint density at radius 1 is 1.14 bits per heavy atom. The molecule has 0 N–H and O–H groups in total. The summed E-state index contributed by atoms with van der Waals surface area (Å²) in [5.74, 6) is 0.143. The Morgan fingerprint density at radius 2 is 1.77 bits per heavy atom. The fraction of sp³-hybridized carbons (Fsp3) is 0.600. The predicted octanol–water partition coefficient (Wildman–Crippen LogP) is 2.22. The van der Waals surface area contributed by atoms with Crippen molar-refractivity contribution in [2.45, 2.75) is 49.3 Å². The quantitative estimate of drug-likeness (QED) is 0.792. The van der Waals surface area contributed by atoms with Crippen molar-refractivity contribution in [3.8, 4) is 0 Å². The van der Waals surface area contributed by atoms with Crippen LogP contribution in [0.5, 0.6) is 0 Å². The Bertz CT molecular complexity index is 733. The molecule has 1 aromatic carbocycles. The van der Waals surface area contributed by atoms with Crippen LogP contribution in [0.25, 0.3) is 0 Å². The first-order valence-electron chi connectivity index (χ1n) is 7.68. The number of nitrogens with zero attached hydrogens (tertiary/aromatic N) is 1. The van der Waals surface area contributed by atoms with Crippen LogP contribution in [0.3, 0.4) is 0 Å². The number of fused-ring (bicyclic) bond motifs is 1. The third-order valence-electron chi connectivity index (χ3n) is 3.81. The van der Waals surface area contributed by atoms with Crippen LogP contribution in [0.2, 0.25) is 0 Å². The van der Waals surface area contributed by atoms with Crippen molar-refractivity contribution in [3.63, 3.8) is 0 Å². The second-order valence-corrected chi connectivity index (χ2v) is 9.61. The second kappa shape index (κ2) is 6.68. The summed E-state index contributed by atoms with van der Waals surface area (Å²) in [6.07, 6.45) is 2.66. The maximum absolute atomic E-state index is 12.7.